The average molecular weight is 560 g/mol. The van der Waals surface area contributed by atoms with E-state index in [9.17, 15) is 14.7 Å². The van der Waals surface area contributed by atoms with Gasteiger partial charge in [0.2, 0.25) is 0 Å². The van der Waals surface area contributed by atoms with Gasteiger partial charge in [-0.3, -0.25) is 4.79 Å². The second kappa shape index (κ2) is 13.9. The molecule has 8 heteroatoms. The Balaban J connectivity index is 1.49. The van der Waals surface area contributed by atoms with Gasteiger partial charge in [0.1, 0.15) is 29.9 Å². The first-order valence-corrected chi connectivity index (χ1v) is 14.3. The topological polar surface area (TPSA) is 98.0 Å². The van der Waals surface area contributed by atoms with Gasteiger partial charge in [-0.2, -0.15) is 11.8 Å². The van der Waals surface area contributed by atoms with E-state index in [1.807, 2.05) is 86.0 Å². The van der Waals surface area contributed by atoms with Crippen LogP contribution in [0.2, 0.25) is 0 Å². The maximum absolute atomic E-state index is 13.3. The Bertz CT molecular complexity index is 1450. The summed E-state index contributed by atoms with van der Waals surface area (Å²) in [5.41, 5.74) is 4.89. The minimum atomic E-state index is -1.04. The molecule has 0 saturated heterocycles. The lowest BCUT2D eigenvalue weighted by Crippen LogP contribution is -2.41. The third-order valence-corrected chi connectivity index (χ3v) is 7.17. The minimum Gasteiger partial charge on any atom is -0.497 e. The monoisotopic (exact) mass is 559 g/mol. The molecule has 2 N–H and O–H groups in total. The van der Waals surface area contributed by atoms with Crippen LogP contribution in [0.1, 0.15) is 33.7 Å². The molecular weight excluding hydrogens is 526 g/mol. The number of carbonyl (C=O) groups excluding carboxylic acids is 1. The Morgan fingerprint density at radius 3 is 2.45 bits per heavy atom. The Morgan fingerprint density at radius 2 is 1.75 bits per heavy atom. The van der Waals surface area contributed by atoms with Gasteiger partial charge in [0.15, 0.2) is 0 Å². The molecule has 3 aromatic carbocycles. The molecule has 0 bridgehead atoms. The first kappa shape index (κ1) is 29.0. The van der Waals surface area contributed by atoms with Crippen LogP contribution in [-0.4, -0.2) is 42.1 Å². The van der Waals surface area contributed by atoms with Gasteiger partial charge in [0.25, 0.3) is 5.91 Å². The van der Waals surface area contributed by atoms with Crippen molar-refractivity contribution in [2.45, 2.75) is 32.6 Å². The number of ether oxygens (including phenoxy) is 2. The lowest BCUT2D eigenvalue weighted by atomic mass is 9.93. The number of carboxylic acids is 1. The first-order valence-electron chi connectivity index (χ1n) is 12.9. The Labute approximate surface area is 238 Å². The van der Waals surface area contributed by atoms with E-state index in [1.54, 1.807) is 24.9 Å². The number of aliphatic carboxylic acids is 1. The van der Waals surface area contributed by atoms with E-state index in [0.29, 0.717) is 30.1 Å². The van der Waals surface area contributed by atoms with Crippen LogP contribution in [0.3, 0.4) is 0 Å². The van der Waals surface area contributed by atoms with E-state index in [2.05, 4.69) is 5.32 Å². The molecule has 0 aliphatic rings. The highest BCUT2D eigenvalue weighted by molar-refractivity contribution is 7.98. The molecular formula is C32H33NO6S. The molecule has 4 aromatic rings. The zero-order valence-electron chi connectivity index (χ0n) is 22.8. The maximum Gasteiger partial charge on any atom is 0.326 e. The molecule has 0 spiro atoms. The van der Waals surface area contributed by atoms with Gasteiger partial charge in [0, 0.05) is 11.1 Å². The van der Waals surface area contributed by atoms with Crippen molar-refractivity contribution in [3.63, 3.8) is 0 Å². The van der Waals surface area contributed by atoms with Crippen molar-refractivity contribution in [3.05, 3.63) is 101 Å². The number of hydrogen-bond donors (Lipinski definition) is 2. The maximum atomic E-state index is 13.3. The summed E-state index contributed by atoms with van der Waals surface area (Å²) in [6, 6.07) is 23.8. The van der Waals surface area contributed by atoms with Crippen molar-refractivity contribution < 1.29 is 28.6 Å². The van der Waals surface area contributed by atoms with Gasteiger partial charge in [-0.15, -0.1) is 0 Å². The number of benzene rings is 3. The van der Waals surface area contributed by atoms with Crippen molar-refractivity contribution >= 4 is 23.6 Å². The standard InChI is InChI=1S/C32H33NO6S/c1-21-6-4-5-7-26(21)28-18-22(8-14-27(28)31(34)33-29(32(35)36)16-17-40-3)19-38-20-25-13-15-30(39-25)23-9-11-24(37-2)12-10-23/h4-15,18,29H,16-17,19-20H2,1-3H3,(H,33,34)(H,35,36). The fourth-order valence-corrected chi connectivity index (χ4v) is 4.81. The average Bonchev–Trinajstić information content (AvgIpc) is 3.44. The molecule has 0 radical (unpaired) electrons. The number of carbonyl (C=O) groups is 2. The molecule has 1 amide bonds. The van der Waals surface area contributed by atoms with Crippen molar-refractivity contribution in [1.82, 2.24) is 5.32 Å². The van der Waals surface area contributed by atoms with Crippen molar-refractivity contribution in [2.24, 2.45) is 0 Å². The zero-order valence-corrected chi connectivity index (χ0v) is 23.6. The smallest absolute Gasteiger partial charge is 0.326 e. The third-order valence-electron chi connectivity index (χ3n) is 6.53. The van der Waals surface area contributed by atoms with Gasteiger partial charge < -0.3 is 24.3 Å². The van der Waals surface area contributed by atoms with Crippen LogP contribution in [0, 0.1) is 6.92 Å². The molecule has 208 valence electrons. The zero-order chi connectivity index (χ0) is 28.5. The molecule has 40 heavy (non-hydrogen) atoms. The number of hydrogen-bond acceptors (Lipinski definition) is 6. The SMILES string of the molecule is COc1ccc(-c2ccc(COCc3ccc(C(=O)NC(CCSC)C(=O)O)c(-c4ccccc4C)c3)o2)cc1. The van der Waals surface area contributed by atoms with Crippen LogP contribution < -0.4 is 10.1 Å². The predicted octanol–water partition coefficient (Wildman–Crippen LogP) is 6.58. The summed E-state index contributed by atoms with van der Waals surface area (Å²) >= 11 is 1.54. The van der Waals surface area contributed by atoms with Crippen molar-refractivity contribution in [2.75, 3.05) is 19.1 Å². The van der Waals surface area contributed by atoms with E-state index >= 15 is 0 Å². The highest BCUT2D eigenvalue weighted by Crippen LogP contribution is 2.29. The van der Waals surface area contributed by atoms with E-state index in [1.165, 1.54) is 0 Å². The molecule has 1 unspecified atom stereocenters. The summed E-state index contributed by atoms with van der Waals surface area (Å²) in [4.78, 5) is 25.0. The summed E-state index contributed by atoms with van der Waals surface area (Å²) in [6.07, 6.45) is 2.25. The van der Waals surface area contributed by atoms with Crippen LogP contribution in [0.15, 0.2) is 83.3 Å². The molecule has 7 nitrogen and oxygen atoms in total. The fraction of sp³-hybridized carbons (Fsp3) is 0.250. The molecule has 1 heterocycles. The number of amides is 1. The summed E-state index contributed by atoms with van der Waals surface area (Å²) in [5, 5.41) is 12.3. The minimum absolute atomic E-state index is 0.286. The van der Waals surface area contributed by atoms with Gasteiger partial charge in [-0.05, 0) is 96.1 Å². The summed E-state index contributed by atoms with van der Waals surface area (Å²) in [5.74, 6) is 1.40. The van der Waals surface area contributed by atoms with Crippen LogP contribution in [0.4, 0.5) is 0 Å². The molecule has 1 aromatic heterocycles. The molecule has 1 atom stereocenters. The van der Waals surface area contributed by atoms with Gasteiger partial charge >= 0.3 is 5.97 Å². The number of rotatable bonds is 13. The van der Waals surface area contributed by atoms with Gasteiger partial charge in [-0.1, -0.05) is 30.3 Å². The molecule has 0 aliphatic heterocycles. The van der Waals surface area contributed by atoms with E-state index in [4.69, 9.17) is 13.9 Å². The van der Waals surface area contributed by atoms with Crippen molar-refractivity contribution in [1.29, 1.82) is 0 Å². The number of aryl methyl sites for hydroxylation is 1. The van der Waals surface area contributed by atoms with Crippen molar-refractivity contribution in [3.8, 4) is 28.2 Å². The molecule has 0 fully saturated rings. The largest absolute Gasteiger partial charge is 0.497 e. The quantitative estimate of drug-likeness (QED) is 0.191. The highest BCUT2D eigenvalue weighted by atomic mass is 32.2. The van der Waals surface area contributed by atoms with Crippen LogP contribution in [0.5, 0.6) is 5.75 Å². The second-order valence-electron chi connectivity index (χ2n) is 9.33. The number of thioether (sulfide) groups is 1. The third kappa shape index (κ3) is 7.34. The van der Waals surface area contributed by atoms with E-state index in [0.717, 1.165) is 39.3 Å². The lowest BCUT2D eigenvalue weighted by molar-refractivity contribution is -0.139. The Hall–Kier alpha value is -4.01. The Morgan fingerprint density at radius 1 is 0.975 bits per heavy atom. The lowest BCUT2D eigenvalue weighted by Gasteiger charge is -2.17. The van der Waals surface area contributed by atoms with E-state index in [-0.39, 0.29) is 6.61 Å². The molecule has 0 saturated carbocycles. The fourth-order valence-electron chi connectivity index (χ4n) is 4.34. The number of carboxylic acid groups (broad SMARTS) is 1. The van der Waals surface area contributed by atoms with E-state index < -0.39 is 17.9 Å². The predicted molar refractivity (Wildman–Crippen MR) is 158 cm³/mol. The number of nitrogens with one attached hydrogen (secondary N) is 1. The summed E-state index contributed by atoms with van der Waals surface area (Å²) in [6.45, 7) is 2.58. The van der Waals surface area contributed by atoms with Crippen LogP contribution in [0.25, 0.3) is 22.5 Å². The normalized spacial score (nSPS) is 11.7. The van der Waals surface area contributed by atoms with Gasteiger partial charge in [0.05, 0.1) is 13.7 Å². The second-order valence-corrected chi connectivity index (χ2v) is 10.3. The number of methoxy groups -OCH3 is 1. The highest BCUT2D eigenvalue weighted by Gasteiger charge is 2.22. The molecule has 0 aliphatic carbocycles. The first-order chi connectivity index (χ1) is 19.4. The van der Waals surface area contributed by atoms with Crippen LogP contribution in [-0.2, 0) is 22.7 Å². The summed E-state index contributed by atoms with van der Waals surface area (Å²) < 4.78 is 17.1. The summed E-state index contributed by atoms with van der Waals surface area (Å²) in [7, 11) is 1.63. The van der Waals surface area contributed by atoms with Gasteiger partial charge in [-0.25, -0.2) is 4.79 Å². The number of furan rings is 1. The Kier molecular flexibility index (Phi) is 10.0. The molecule has 4 rings (SSSR count). The van der Waals surface area contributed by atoms with Crippen LogP contribution >= 0.6 is 11.8 Å².